The molecule has 1 aromatic rings. The van der Waals surface area contributed by atoms with Crippen molar-refractivity contribution < 1.29 is 4.74 Å². The molecule has 1 heterocycles. The van der Waals surface area contributed by atoms with Gasteiger partial charge in [-0.05, 0) is 30.4 Å². The average Bonchev–Trinajstić information content (AvgIpc) is 2.89. The number of benzene rings is 1. The van der Waals surface area contributed by atoms with E-state index in [0.717, 1.165) is 37.1 Å². The van der Waals surface area contributed by atoms with Crippen molar-refractivity contribution in [3.63, 3.8) is 0 Å². The SMILES string of the molecule is CN=C(NCCCC(C)C)NCC1Cc2ccccc2O1.I. The third-order valence-electron chi connectivity index (χ3n) is 3.69. The van der Waals surface area contributed by atoms with Gasteiger partial charge >= 0.3 is 0 Å². The third kappa shape index (κ3) is 6.02. The topological polar surface area (TPSA) is 45.7 Å². The molecule has 1 aromatic carbocycles. The van der Waals surface area contributed by atoms with Crippen LogP contribution in [0.3, 0.4) is 0 Å². The van der Waals surface area contributed by atoms with E-state index in [1.807, 2.05) is 19.2 Å². The Balaban J connectivity index is 0.00000242. The van der Waals surface area contributed by atoms with Crippen molar-refractivity contribution in [3.05, 3.63) is 29.8 Å². The molecular formula is C17H28IN3O. The van der Waals surface area contributed by atoms with Crippen LogP contribution in [0.1, 0.15) is 32.3 Å². The van der Waals surface area contributed by atoms with Gasteiger partial charge in [0, 0.05) is 20.0 Å². The molecule has 0 saturated heterocycles. The summed E-state index contributed by atoms with van der Waals surface area (Å²) in [6.45, 7) is 6.24. The van der Waals surface area contributed by atoms with Crippen molar-refractivity contribution in [2.45, 2.75) is 39.2 Å². The molecule has 0 spiro atoms. The standard InChI is InChI=1S/C17H27N3O.HI/c1-13(2)7-6-10-19-17(18-3)20-12-15-11-14-8-4-5-9-16(14)21-15;/h4-5,8-9,13,15H,6-7,10-12H2,1-3H3,(H2,18,19,20);1H. The number of rotatable bonds is 6. The van der Waals surface area contributed by atoms with Crippen LogP contribution in [-0.2, 0) is 6.42 Å². The van der Waals surface area contributed by atoms with Gasteiger partial charge in [0.2, 0.25) is 0 Å². The molecule has 0 fully saturated rings. The second-order valence-corrected chi connectivity index (χ2v) is 5.97. The second-order valence-electron chi connectivity index (χ2n) is 5.97. The van der Waals surface area contributed by atoms with Gasteiger partial charge in [-0.1, -0.05) is 32.0 Å². The van der Waals surface area contributed by atoms with E-state index in [-0.39, 0.29) is 30.1 Å². The Kier molecular flexibility index (Phi) is 8.60. The molecule has 0 saturated carbocycles. The van der Waals surface area contributed by atoms with E-state index in [0.29, 0.717) is 0 Å². The summed E-state index contributed by atoms with van der Waals surface area (Å²) in [5.74, 6) is 2.63. The van der Waals surface area contributed by atoms with E-state index >= 15 is 0 Å². The number of halogens is 1. The average molecular weight is 417 g/mol. The smallest absolute Gasteiger partial charge is 0.191 e. The molecule has 1 atom stereocenters. The zero-order chi connectivity index (χ0) is 15.1. The zero-order valence-electron chi connectivity index (χ0n) is 13.8. The maximum atomic E-state index is 5.91. The Bertz CT molecular complexity index is 452. The van der Waals surface area contributed by atoms with E-state index in [9.17, 15) is 0 Å². The van der Waals surface area contributed by atoms with Crippen molar-refractivity contribution in [1.82, 2.24) is 10.6 Å². The maximum absolute atomic E-state index is 5.91. The van der Waals surface area contributed by atoms with E-state index in [1.165, 1.54) is 18.4 Å². The molecule has 1 unspecified atom stereocenters. The van der Waals surface area contributed by atoms with Gasteiger partial charge in [0.25, 0.3) is 0 Å². The first-order valence-electron chi connectivity index (χ1n) is 7.88. The Morgan fingerprint density at radius 3 is 2.77 bits per heavy atom. The molecule has 0 aromatic heterocycles. The highest BCUT2D eigenvalue weighted by molar-refractivity contribution is 14.0. The van der Waals surface area contributed by atoms with Crippen LogP contribution >= 0.6 is 24.0 Å². The van der Waals surface area contributed by atoms with Gasteiger partial charge in [-0.25, -0.2) is 0 Å². The van der Waals surface area contributed by atoms with Crippen LogP contribution in [0.2, 0.25) is 0 Å². The molecule has 5 heteroatoms. The molecular weight excluding hydrogens is 389 g/mol. The zero-order valence-corrected chi connectivity index (χ0v) is 16.1. The van der Waals surface area contributed by atoms with E-state index in [4.69, 9.17) is 4.74 Å². The molecule has 22 heavy (non-hydrogen) atoms. The first-order chi connectivity index (χ1) is 10.2. The molecule has 2 N–H and O–H groups in total. The minimum atomic E-state index is 0. The van der Waals surface area contributed by atoms with Crippen molar-refractivity contribution >= 4 is 29.9 Å². The Morgan fingerprint density at radius 2 is 2.09 bits per heavy atom. The minimum absolute atomic E-state index is 0. The molecule has 2 rings (SSSR count). The van der Waals surface area contributed by atoms with E-state index in [1.54, 1.807) is 0 Å². The highest BCUT2D eigenvalue weighted by Crippen LogP contribution is 2.27. The summed E-state index contributed by atoms with van der Waals surface area (Å²) in [6, 6.07) is 8.25. The number of ether oxygens (including phenoxy) is 1. The first kappa shape index (κ1) is 19.1. The number of aliphatic imine (C=N–C) groups is 1. The minimum Gasteiger partial charge on any atom is -0.488 e. The van der Waals surface area contributed by atoms with Crippen molar-refractivity contribution in [2.24, 2.45) is 10.9 Å². The normalized spacial score (nSPS) is 16.7. The summed E-state index contributed by atoms with van der Waals surface area (Å²) in [6.07, 6.45) is 3.57. The lowest BCUT2D eigenvalue weighted by Gasteiger charge is -2.15. The van der Waals surface area contributed by atoms with Gasteiger partial charge < -0.3 is 15.4 Å². The maximum Gasteiger partial charge on any atom is 0.191 e. The molecule has 1 aliphatic rings. The fourth-order valence-corrected chi connectivity index (χ4v) is 2.52. The highest BCUT2D eigenvalue weighted by Gasteiger charge is 2.22. The van der Waals surface area contributed by atoms with Crippen molar-refractivity contribution in [2.75, 3.05) is 20.1 Å². The molecule has 0 amide bonds. The number of hydrogen-bond donors (Lipinski definition) is 2. The Labute approximate surface area is 151 Å². The second kappa shape index (κ2) is 9.92. The van der Waals surface area contributed by atoms with E-state index in [2.05, 4.69) is 41.6 Å². The molecule has 4 nitrogen and oxygen atoms in total. The number of hydrogen-bond acceptors (Lipinski definition) is 2. The van der Waals surface area contributed by atoms with Crippen LogP contribution in [-0.4, -0.2) is 32.2 Å². The molecule has 0 bridgehead atoms. The summed E-state index contributed by atoms with van der Waals surface area (Å²) in [4.78, 5) is 4.25. The van der Waals surface area contributed by atoms with Crippen molar-refractivity contribution in [1.29, 1.82) is 0 Å². The lowest BCUT2D eigenvalue weighted by atomic mass is 10.1. The van der Waals surface area contributed by atoms with Crippen LogP contribution in [0.25, 0.3) is 0 Å². The Hall–Kier alpha value is -0.980. The molecule has 1 aliphatic heterocycles. The van der Waals surface area contributed by atoms with Gasteiger partial charge in [-0.15, -0.1) is 24.0 Å². The van der Waals surface area contributed by atoms with Crippen LogP contribution in [0.4, 0.5) is 0 Å². The lowest BCUT2D eigenvalue weighted by Crippen LogP contribution is -2.42. The molecule has 0 aliphatic carbocycles. The fraction of sp³-hybridized carbons (Fsp3) is 0.588. The van der Waals surface area contributed by atoms with Crippen LogP contribution in [0.5, 0.6) is 5.75 Å². The summed E-state index contributed by atoms with van der Waals surface area (Å²) < 4.78 is 5.91. The Morgan fingerprint density at radius 1 is 1.32 bits per heavy atom. The predicted molar refractivity (Wildman–Crippen MR) is 103 cm³/mol. The van der Waals surface area contributed by atoms with Gasteiger partial charge in [0.05, 0.1) is 6.54 Å². The van der Waals surface area contributed by atoms with E-state index < -0.39 is 0 Å². The number of para-hydroxylation sites is 1. The van der Waals surface area contributed by atoms with Crippen molar-refractivity contribution in [3.8, 4) is 5.75 Å². The number of fused-ring (bicyclic) bond motifs is 1. The summed E-state index contributed by atoms with van der Waals surface area (Å²) in [5.41, 5.74) is 1.30. The highest BCUT2D eigenvalue weighted by atomic mass is 127. The summed E-state index contributed by atoms with van der Waals surface area (Å²) in [7, 11) is 1.81. The van der Waals surface area contributed by atoms with Gasteiger partial charge in [-0.2, -0.15) is 0 Å². The van der Waals surface area contributed by atoms with Gasteiger partial charge in [0.15, 0.2) is 5.96 Å². The molecule has 124 valence electrons. The largest absolute Gasteiger partial charge is 0.488 e. The van der Waals surface area contributed by atoms with Crippen LogP contribution in [0.15, 0.2) is 29.3 Å². The summed E-state index contributed by atoms with van der Waals surface area (Å²) >= 11 is 0. The summed E-state index contributed by atoms with van der Waals surface area (Å²) in [5, 5.41) is 6.70. The predicted octanol–water partition coefficient (Wildman–Crippen LogP) is 3.21. The number of nitrogens with one attached hydrogen (secondary N) is 2. The van der Waals surface area contributed by atoms with Crippen LogP contribution < -0.4 is 15.4 Å². The number of nitrogens with zero attached hydrogens (tertiary/aromatic N) is 1. The fourth-order valence-electron chi connectivity index (χ4n) is 2.52. The third-order valence-corrected chi connectivity index (χ3v) is 3.69. The number of guanidine groups is 1. The first-order valence-corrected chi connectivity index (χ1v) is 7.88. The monoisotopic (exact) mass is 417 g/mol. The molecule has 0 radical (unpaired) electrons. The quantitative estimate of drug-likeness (QED) is 0.324. The van der Waals surface area contributed by atoms with Crippen LogP contribution in [0, 0.1) is 5.92 Å². The lowest BCUT2D eigenvalue weighted by molar-refractivity contribution is 0.235. The van der Waals surface area contributed by atoms with Gasteiger partial charge in [-0.3, -0.25) is 4.99 Å². The van der Waals surface area contributed by atoms with Gasteiger partial charge in [0.1, 0.15) is 11.9 Å².